The predicted molar refractivity (Wildman–Crippen MR) is 70.3 cm³/mol. The maximum absolute atomic E-state index is 13.5. The summed E-state index contributed by atoms with van der Waals surface area (Å²) in [5.74, 6) is -1.06. The first-order valence-electron chi connectivity index (χ1n) is 5.53. The Balaban J connectivity index is 2.58. The summed E-state index contributed by atoms with van der Waals surface area (Å²) in [4.78, 5) is 11.7. The molecule has 0 saturated heterocycles. The van der Waals surface area contributed by atoms with Gasteiger partial charge in [-0.3, -0.25) is 4.79 Å². The Morgan fingerprint density at radius 2 is 2.39 bits per heavy atom. The Morgan fingerprint density at radius 3 is 3.06 bits per heavy atom. The minimum atomic E-state index is -0.664. The van der Waals surface area contributed by atoms with Crippen molar-refractivity contribution in [1.82, 2.24) is 0 Å². The Hall–Kier alpha value is -1.39. The maximum atomic E-state index is 13.5. The van der Waals surface area contributed by atoms with Crippen LogP contribution in [-0.4, -0.2) is 18.6 Å². The zero-order chi connectivity index (χ0) is 13.5. The summed E-state index contributed by atoms with van der Waals surface area (Å²) in [6, 6.07) is 4.41. The van der Waals surface area contributed by atoms with Crippen LogP contribution in [-0.2, 0) is 9.53 Å². The largest absolute Gasteiger partial charge is 0.368 e. The van der Waals surface area contributed by atoms with Gasteiger partial charge in [0.25, 0.3) is 5.91 Å². The lowest BCUT2D eigenvalue weighted by Gasteiger charge is -2.13. The number of halogens is 2. The van der Waals surface area contributed by atoms with E-state index in [1.807, 2.05) is 0 Å². The van der Waals surface area contributed by atoms with Crippen molar-refractivity contribution in [2.24, 2.45) is 0 Å². The lowest BCUT2D eigenvalue weighted by atomic mass is 10.3. The number of hydrogen-bond donors (Lipinski definition) is 1. The van der Waals surface area contributed by atoms with Gasteiger partial charge in [0.1, 0.15) is 6.10 Å². The number of ether oxygens (including phenoxy) is 1. The number of amides is 1. The molecule has 3 nitrogen and oxygen atoms in total. The van der Waals surface area contributed by atoms with Gasteiger partial charge in [-0.1, -0.05) is 23.7 Å². The van der Waals surface area contributed by atoms with E-state index in [1.165, 1.54) is 12.1 Å². The predicted octanol–water partition coefficient (Wildman–Crippen LogP) is 3.40. The van der Waals surface area contributed by atoms with E-state index in [4.69, 9.17) is 16.3 Å². The van der Waals surface area contributed by atoms with Gasteiger partial charge in [-0.15, -0.1) is 6.58 Å². The molecule has 1 unspecified atom stereocenters. The van der Waals surface area contributed by atoms with Crippen LogP contribution in [0.2, 0.25) is 5.02 Å². The third kappa shape index (κ3) is 4.13. The molecule has 1 N–H and O–H groups in total. The van der Waals surface area contributed by atoms with Crippen LogP contribution in [0, 0.1) is 5.82 Å². The van der Waals surface area contributed by atoms with E-state index < -0.39 is 17.8 Å². The number of carbonyl (C=O) groups excluding carboxylic acids is 1. The van der Waals surface area contributed by atoms with Crippen LogP contribution < -0.4 is 5.32 Å². The summed E-state index contributed by atoms with van der Waals surface area (Å²) in [6.45, 7) is 5.54. The van der Waals surface area contributed by atoms with Crippen LogP contribution in [0.25, 0.3) is 0 Å². The molecule has 0 aromatic heterocycles. The Kier molecular flexibility index (Phi) is 5.82. The molecular weight excluding hydrogens is 257 g/mol. The first kappa shape index (κ1) is 14.7. The molecule has 0 spiro atoms. The average molecular weight is 272 g/mol. The molecule has 0 fully saturated rings. The van der Waals surface area contributed by atoms with E-state index in [9.17, 15) is 9.18 Å². The average Bonchev–Trinajstić information content (AvgIpc) is 2.35. The Labute approximate surface area is 111 Å². The van der Waals surface area contributed by atoms with Gasteiger partial charge in [-0.25, -0.2) is 4.39 Å². The van der Waals surface area contributed by atoms with E-state index in [0.717, 1.165) is 0 Å². The summed E-state index contributed by atoms with van der Waals surface area (Å²) in [5.41, 5.74) is 0.0478. The number of hydrogen-bond acceptors (Lipinski definition) is 2. The topological polar surface area (TPSA) is 38.3 Å². The summed E-state index contributed by atoms with van der Waals surface area (Å²) in [7, 11) is 0. The highest BCUT2D eigenvalue weighted by molar-refractivity contribution is 6.31. The van der Waals surface area contributed by atoms with Crippen molar-refractivity contribution in [2.75, 3.05) is 11.9 Å². The van der Waals surface area contributed by atoms with Crippen LogP contribution >= 0.6 is 11.6 Å². The molecule has 98 valence electrons. The molecule has 0 aliphatic heterocycles. The van der Waals surface area contributed by atoms with E-state index in [2.05, 4.69) is 11.9 Å². The SMILES string of the molecule is C=CCCOC(C)C(=O)Nc1cccc(Cl)c1F. The van der Waals surface area contributed by atoms with Crippen molar-refractivity contribution in [2.45, 2.75) is 19.4 Å². The van der Waals surface area contributed by atoms with E-state index >= 15 is 0 Å². The highest BCUT2D eigenvalue weighted by atomic mass is 35.5. The van der Waals surface area contributed by atoms with Gasteiger partial charge < -0.3 is 10.1 Å². The molecular formula is C13H15ClFNO2. The number of carbonyl (C=O) groups is 1. The van der Waals surface area contributed by atoms with Gasteiger partial charge in [0.05, 0.1) is 17.3 Å². The van der Waals surface area contributed by atoms with Gasteiger partial charge in [0.2, 0.25) is 0 Å². The summed E-state index contributed by atoms with van der Waals surface area (Å²) in [5, 5.41) is 2.39. The molecule has 5 heteroatoms. The van der Waals surface area contributed by atoms with Crippen molar-refractivity contribution >= 4 is 23.2 Å². The molecule has 1 atom stereocenters. The molecule has 0 bridgehead atoms. The highest BCUT2D eigenvalue weighted by Crippen LogP contribution is 2.22. The zero-order valence-electron chi connectivity index (χ0n) is 10.1. The number of benzene rings is 1. The van der Waals surface area contributed by atoms with E-state index in [0.29, 0.717) is 13.0 Å². The minimum absolute atomic E-state index is 0.0342. The molecule has 0 aliphatic carbocycles. The van der Waals surface area contributed by atoms with Gasteiger partial charge in [0.15, 0.2) is 5.82 Å². The molecule has 0 radical (unpaired) electrons. The first-order valence-corrected chi connectivity index (χ1v) is 5.91. The summed E-state index contributed by atoms with van der Waals surface area (Å²) in [6.07, 6.45) is 1.69. The molecule has 1 rings (SSSR count). The number of rotatable bonds is 6. The third-order valence-corrected chi connectivity index (χ3v) is 2.56. The van der Waals surface area contributed by atoms with Crippen LogP contribution in [0.4, 0.5) is 10.1 Å². The number of nitrogens with one attached hydrogen (secondary N) is 1. The van der Waals surface area contributed by atoms with Crippen LogP contribution in [0.1, 0.15) is 13.3 Å². The molecule has 1 aromatic carbocycles. The van der Waals surface area contributed by atoms with Crippen LogP contribution in [0.15, 0.2) is 30.9 Å². The normalized spacial score (nSPS) is 11.9. The Morgan fingerprint density at radius 1 is 1.67 bits per heavy atom. The van der Waals surface area contributed by atoms with Crippen molar-refractivity contribution in [3.63, 3.8) is 0 Å². The zero-order valence-corrected chi connectivity index (χ0v) is 10.8. The molecule has 18 heavy (non-hydrogen) atoms. The monoisotopic (exact) mass is 271 g/mol. The van der Waals surface area contributed by atoms with Gasteiger partial charge in [-0.2, -0.15) is 0 Å². The van der Waals surface area contributed by atoms with Crippen LogP contribution in [0.5, 0.6) is 0 Å². The summed E-state index contributed by atoms with van der Waals surface area (Å²) < 4.78 is 18.8. The quantitative estimate of drug-likeness (QED) is 0.636. The first-order chi connectivity index (χ1) is 8.56. The van der Waals surface area contributed by atoms with Gasteiger partial charge in [0, 0.05) is 0 Å². The lowest BCUT2D eigenvalue weighted by Crippen LogP contribution is -2.28. The minimum Gasteiger partial charge on any atom is -0.368 e. The molecule has 0 heterocycles. The molecule has 1 amide bonds. The smallest absolute Gasteiger partial charge is 0.253 e. The van der Waals surface area contributed by atoms with Crippen molar-refractivity contribution in [3.05, 3.63) is 41.7 Å². The van der Waals surface area contributed by atoms with Gasteiger partial charge >= 0.3 is 0 Å². The number of anilines is 1. The fraction of sp³-hybridized carbons (Fsp3) is 0.308. The van der Waals surface area contributed by atoms with Crippen molar-refractivity contribution in [1.29, 1.82) is 0 Å². The standard InChI is InChI=1S/C13H15ClFNO2/c1-3-4-8-18-9(2)13(17)16-11-7-5-6-10(14)12(11)15/h3,5-7,9H,1,4,8H2,2H3,(H,16,17). The van der Waals surface area contributed by atoms with Crippen molar-refractivity contribution in [3.8, 4) is 0 Å². The summed E-state index contributed by atoms with van der Waals surface area (Å²) >= 11 is 5.61. The van der Waals surface area contributed by atoms with E-state index in [-0.39, 0.29) is 10.7 Å². The maximum Gasteiger partial charge on any atom is 0.253 e. The molecule has 0 aliphatic rings. The van der Waals surface area contributed by atoms with Crippen LogP contribution in [0.3, 0.4) is 0 Å². The second-order valence-corrected chi connectivity index (χ2v) is 4.09. The second-order valence-electron chi connectivity index (χ2n) is 3.68. The fourth-order valence-electron chi connectivity index (χ4n) is 1.24. The molecule has 0 saturated carbocycles. The highest BCUT2D eigenvalue weighted by Gasteiger charge is 2.15. The van der Waals surface area contributed by atoms with Gasteiger partial charge in [-0.05, 0) is 25.5 Å². The van der Waals surface area contributed by atoms with Crippen molar-refractivity contribution < 1.29 is 13.9 Å². The molecule has 1 aromatic rings. The fourth-order valence-corrected chi connectivity index (χ4v) is 1.41. The van der Waals surface area contributed by atoms with E-state index in [1.54, 1.807) is 19.1 Å². The third-order valence-electron chi connectivity index (χ3n) is 2.27. The Bertz CT molecular complexity index is 437. The second kappa shape index (κ2) is 7.13. The lowest BCUT2D eigenvalue weighted by molar-refractivity contribution is -0.126.